The number of rotatable bonds is 7. The zero-order chi connectivity index (χ0) is 23.7. The van der Waals surface area contributed by atoms with Crippen molar-refractivity contribution in [2.45, 2.75) is 70.3 Å². The summed E-state index contributed by atoms with van der Waals surface area (Å²) in [4.78, 5) is 25.9. The molecule has 5 atom stereocenters. The van der Waals surface area contributed by atoms with E-state index in [1.54, 1.807) is 6.33 Å². The predicted octanol–water partition coefficient (Wildman–Crippen LogP) is 3.49. The first-order chi connectivity index (χ1) is 15.8. The fraction of sp³-hybridized carbons (Fsp3) is 0.560. The molecule has 1 aromatic carbocycles. The minimum Gasteiger partial charge on any atom is -0.387 e. The second kappa shape index (κ2) is 10.1. The second-order valence-corrected chi connectivity index (χ2v) is 10.1. The molecule has 178 valence electrons. The highest BCUT2D eigenvalue weighted by Crippen LogP contribution is 2.43. The Kier molecular flexibility index (Phi) is 7.34. The number of aromatic nitrogens is 2. The minimum atomic E-state index is -0.516. The van der Waals surface area contributed by atoms with Gasteiger partial charge in [0.05, 0.1) is 23.9 Å². The summed E-state index contributed by atoms with van der Waals surface area (Å²) in [5, 5.41) is 14.5. The van der Waals surface area contributed by atoms with Crippen LogP contribution in [0.1, 0.15) is 69.0 Å². The lowest BCUT2D eigenvalue weighted by Crippen LogP contribution is -2.57. The molecule has 0 amide bonds. The quantitative estimate of drug-likeness (QED) is 0.598. The summed E-state index contributed by atoms with van der Waals surface area (Å²) in [6.45, 7) is 10.8. The maximum atomic E-state index is 12.2. The molecule has 1 fully saturated rings. The van der Waals surface area contributed by atoms with Gasteiger partial charge in [-0.2, -0.15) is 0 Å². The molecule has 7 nitrogen and oxygen atoms in total. The summed E-state index contributed by atoms with van der Waals surface area (Å²) < 4.78 is 0. The van der Waals surface area contributed by atoms with Gasteiger partial charge in [-0.3, -0.25) is 4.90 Å². The van der Waals surface area contributed by atoms with Gasteiger partial charge >= 0.3 is 0 Å². The van der Waals surface area contributed by atoms with E-state index in [1.165, 1.54) is 0 Å². The number of nitrogens with one attached hydrogen (secondary N) is 1. The molecular weight excluding hydrogens is 438 g/mol. The van der Waals surface area contributed by atoms with E-state index in [0.29, 0.717) is 11.4 Å². The van der Waals surface area contributed by atoms with E-state index >= 15 is 0 Å². The normalized spacial score (nSPS) is 25.2. The summed E-state index contributed by atoms with van der Waals surface area (Å²) >= 11 is 6.14. The molecule has 4 rings (SSSR count). The number of piperazine rings is 1. The summed E-state index contributed by atoms with van der Waals surface area (Å²) in [6.07, 6.45) is 2.77. The van der Waals surface area contributed by atoms with Crippen molar-refractivity contribution in [2.24, 2.45) is 0 Å². The molecule has 33 heavy (non-hydrogen) atoms. The highest BCUT2D eigenvalue weighted by Gasteiger charge is 2.38. The Hall–Kier alpha value is -2.06. The Morgan fingerprint density at radius 3 is 2.55 bits per heavy atom. The first-order valence-electron chi connectivity index (χ1n) is 11.8. The molecule has 2 aromatic rings. The number of hydrogen-bond acceptors (Lipinski definition) is 7. The Labute approximate surface area is 201 Å². The molecule has 0 spiro atoms. The molecule has 8 heteroatoms. The zero-order valence-electron chi connectivity index (χ0n) is 19.8. The van der Waals surface area contributed by atoms with Crippen molar-refractivity contribution in [2.75, 3.05) is 24.5 Å². The number of carbonyl (C=O) groups excluding carboxylic acids is 1. The van der Waals surface area contributed by atoms with Gasteiger partial charge in [-0.1, -0.05) is 44.5 Å². The topological polar surface area (TPSA) is 81.6 Å². The summed E-state index contributed by atoms with van der Waals surface area (Å²) in [5.41, 5.74) is 2.92. The van der Waals surface area contributed by atoms with Crippen LogP contribution in [0.4, 0.5) is 5.82 Å². The third-order valence-electron chi connectivity index (χ3n) is 6.83. The van der Waals surface area contributed by atoms with Crippen LogP contribution in [0.5, 0.6) is 0 Å². The largest absolute Gasteiger partial charge is 0.387 e. The van der Waals surface area contributed by atoms with E-state index in [-0.39, 0.29) is 30.1 Å². The second-order valence-electron chi connectivity index (χ2n) is 9.67. The molecule has 1 aromatic heterocycles. The molecule has 0 bridgehead atoms. The number of aliphatic hydroxyl groups is 1. The van der Waals surface area contributed by atoms with E-state index in [9.17, 15) is 9.90 Å². The van der Waals surface area contributed by atoms with E-state index in [0.717, 1.165) is 48.6 Å². The van der Waals surface area contributed by atoms with Crippen LogP contribution in [0.3, 0.4) is 0 Å². The molecule has 2 aliphatic rings. The molecule has 0 radical (unpaired) electrons. The Morgan fingerprint density at radius 1 is 1.18 bits per heavy atom. The summed E-state index contributed by atoms with van der Waals surface area (Å²) in [6, 6.07) is 7.75. The molecule has 2 unspecified atom stereocenters. The number of fused-ring (bicyclic) bond motifs is 1. The number of nitrogens with zero attached hydrogens (tertiary/aromatic N) is 4. The van der Waals surface area contributed by atoms with Crippen LogP contribution in [-0.4, -0.2) is 64.0 Å². The first kappa shape index (κ1) is 24.1. The molecule has 1 aliphatic heterocycles. The molecular formula is C25H34ClN5O2. The van der Waals surface area contributed by atoms with Crippen molar-refractivity contribution in [3.63, 3.8) is 0 Å². The Bertz CT molecular complexity index is 970. The van der Waals surface area contributed by atoms with Gasteiger partial charge in [0.2, 0.25) is 0 Å². The smallest absolute Gasteiger partial charge is 0.138 e. The number of aliphatic hydroxyl groups excluding tert-OH is 1. The third-order valence-corrected chi connectivity index (χ3v) is 7.08. The third kappa shape index (κ3) is 4.92. The standard InChI is InChI=1S/C25H34ClN5O2/c1-15(2)29-20(13-32)24(18-5-7-19(26)8-6-18)30-9-10-31(17(4)12-30)25-22-16(3)11-21(33)23(22)27-14-28-25/h5-8,13-17,20-21,24,29,33H,9-12H2,1-4H3/t16-,17+,20?,21-,24?/m1/s1. The van der Waals surface area contributed by atoms with Crippen LogP contribution in [0.25, 0.3) is 0 Å². The van der Waals surface area contributed by atoms with Gasteiger partial charge in [0, 0.05) is 42.3 Å². The summed E-state index contributed by atoms with van der Waals surface area (Å²) in [5.74, 6) is 1.17. The van der Waals surface area contributed by atoms with Crippen molar-refractivity contribution in [3.05, 3.63) is 52.4 Å². The molecule has 1 aliphatic carbocycles. The van der Waals surface area contributed by atoms with Crippen LogP contribution in [-0.2, 0) is 4.79 Å². The van der Waals surface area contributed by atoms with Gasteiger partial charge in [-0.15, -0.1) is 0 Å². The molecule has 1 saturated heterocycles. The lowest BCUT2D eigenvalue weighted by molar-refractivity contribution is -0.111. The van der Waals surface area contributed by atoms with Crippen LogP contribution < -0.4 is 10.2 Å². The SMILES string of the molecule is CC(C)NC(C=O)C(c1ccc(Cl)cc1)N1CCN(c2ncnc3c2[C@H](C)C[C@H]3O)[C@@H](C)C1. The molecule has 2 heterocycles. The highest BCUT2D eigenvalue weighted by atomic mass is 35.5. The Balaban J connectivity index is 1.60. The maximum Gasteiger partial charge on any atom is 0.138 e. The van der Waals surface area contributed by atoms with Gasteiger partial charge in [0.15, 0.2) is 0 Å². The van der Waals surface area contributed by atoms with E-state index in [1.807, 2.05) is 24.3 Å². The minimum absolute atomic E-state index is 0.0939. The lowest BCUT2D eigenvalue weighted by atomic mass is 9.95. The maximum absolute atomic E-state index is 12.2. The van der Waals surface area contributed by atoms with Crippen molar-refractivity contribution in [1.82, 2.24) is 20.2 Å². The van der Waals surface area contributed by atoms with E-state index in [4.69, 9.17) is 11.6 Å². The first-order valence-corrected chi connectivity index (χ1v) is 12.2. The van der Waals surface area contributed by atoms with E-state index in [2.05, 4.69) is 52.8 Å². The number of halogens is 1. The number of hydrogen-bond donors (Lipinski definition) is 2. The number of aldehydes is 1. The van der Waals surface area contributed by atoms with Crippen LogP contribution in [0, 0.1) is 0 Å². The monoisotopic (exact) mass is 471 g/mol. The van der Waals surface area contributed by atoms with Crippen LogP contribution >= 0.6 is 11.6 Å². The summed E-state index contributed by atoms with van der Waals surface area (Å²) in [7, 11) is 0. The van der Waals surface area contributed by atoms with Crippen molar-refractivity contribution >= 4 is 23.7 Å². The molecule has 2 N–H and O–H groups in total. The fourth-order valence-corrected chi connectivity index (χ4v) is 5.51. The van der Waals surface area contributed by atoms with Gasteiger partial charge in [-0.05, 0) is 37.0 Å². The highest BCUT2D eigenvalue weighted by molar-refractivity contribution is 6.30. The average Bonchev–Trinajstić information content (AvgIpc) is 3.08. The van der Waals surface area contributed by atoms with Crippen LogP contribution in [0.2, 0.25) is 5.02 Å². The van der Waals surface area contributed by atoms with Crippen LogP contribution in [0.15, 0.2) is 30.6 Å². The van der Waals surface area contributed by atoms with Gasteiger partial charge in [0.1, 0.15) is 18.4 Å². The molecule has 0 saturated carbocycles. The van der Waals surface area contributed by atoms with Gasteiger partial charge in [0.25, 0.3) is 0 Å². The zero-order valence-corrected chi connectivity index (χ0v) is 20.5. The lowest BCUT2D eigenvalue weighted by Gasteiger charge is -2.46. The van der Waals surface area contributed by atoms with E-state index < -0.39 is 6.10 Å². The van der Waals surface area contributed by atoms with Crippen molar-refractivity contribution in [1.29, 1.82) is 0 Å². The van der Waals surface area contributed by atoms with Gasteiger partial charge < -0.3 is 20.1 Å². The number of anilines is 1. The van der Waals surface area contributed by atoms with Gasteiger partial charge in [-0.25, -0.2) is 9.97 Å². The Morgan fingerprint density at radius 2 is 1.91 bits per heavy atom. The van der Waals surface area contributed by atoms with Crippen molar-refractivity contribution in [3.8, 4) is 0 Å². The number of carbonyl (C=O) groups is 1. The predicted molar refractivity (Wildman–Crippen MR) is 131 cm³/mol. The average molecular weight is 472 g/mol. The number of benzene rings is 1. The van der Waals surface area contributed by atoms with Crippen molar-refractivity contribution < 1.29 is 9.90 Å². The fourth-order valence-electron chi connectivity index (χ4n) is 5.38.